The first kappa shape index (κ1) is 16.9. The van der Waals surface area contributed by atoms with Crippen molar-refractivity contribution < 1.29 is 9.32 Å². The number of aryl methyl sites for hydroxylation is 1. The standard InChI is InChI=1S/C20H20ClN3O2/c1-12-7-15(24-26-12)4-3-13-10-18-14(9-17(13)21)8-16(23-18)11-22-19(25)20(2)5-6-20/h3-4,7-10,23H,5-6,11H2,1-2H3,(H,22,25)/b4-3+. The van der Waals surface area contributed by atoms with E-state index in [9.17, 15) is 4.79 Å². The van der Waals surface area contributed by atoms with Crippen LogP contribution in [0.1, 0.15) is 42.5 Å². The minimum absolute atomic E-state index is 0.126. The van der Waals surface area contributed by atoms with Gasteiger partial charge in [0.2, 0.25) is 5.91 Å². The Morgan fingerprint density at radius 2 is 2.15 bits per heavy atom. The van der Waals surface area contributed by atoms with E-state index in [4.69, 9.17) is 16.1 Å². The fourth-order valence-electron chi connectivity index (χ4n) is 2.90. The van der Waals surface area contributed by atoms with Gasteiger partial charge in [-0.1, -0.05) is 29.8 Å². The normalized spacial score (nSPS) is 15.7. The van der Waals surface area contributed by atoms with E-state index in [2.05, 4.69) is 15.5 Å². The predicted octanol–water partition coefficient (Wildman–Crippen LogP) is 4.70. The van der Waals surface area contributed by atoms with Crippen LogP contribution in [0, 0.1) is 12.3 Å². The quantitative estimate of drug-likeness (QED) is 0.684. The predicted molar refractivity (Wildman–Crippen MR) is 103 cm³/mol. The molecule has 0 radical (unpaired) electrons. The number of hydrogen-bond acceptors (Lipinski definition) is 3. The van der Waals surface area contributed by atoms with Crippen molar-refractivity contribution in [3.8, 4) is 0 Å². The van der Waals surface area contributed by atoms with Crippen LogP contribution in [0.5, 0.6) is 0 Å². The number of hydrogen-bond donors (Lipinski definition) is 2. The Hall–Kier alpha value is -2.53. The maximum Gasteiger partial charge on any atom is 0.226 e. The summed E-state index contributed by atoms with van der Waals surface area (Å²) in [5.41, 5.74) is 3.42. The second-order valence-corrected chi connectivity index (χ2v) is 7.60. The summed E-state index contributed by atoms with van der Waals surface area (Å²) in [4.78, 5) is 15.4. The summed E-state index contributed by atoms with van der Waals surface area (Å²) < 4.78 is 5.06. The van der Waals surface area contributed by atoms with E-state index < -0.39 is 0 Å². The number of carbonyl (C=O) groups excluding carboxylic acids is 1. The average molecular weight is 370 g/mol. The number of fused-ring (bicyclic) bond motifs is 1. The maximum absolute atomic E-state index is 12.1. The largest absolute Gasteiger partial charge is 0.361 e. The van der Waals surface area contributed by atoms with E-state index in [0.717, 1.165) is 46.5 Å². The van der Waals surface area contributed by atoms with Gasteiger partial charge in [0.15, 0.2) is 0 Å². The zero-order valence-electron chi connectivity index (χ0n) is 14.7. The maximum atomic E-state index is 12.1. The summed E-state index contributed by atoms with van der Waals surface area (Å²) in [6, 6.07) is 7.80. The number of nitrogens with one attached hydrogen (secondary N) is 2. The third-order valence-corrected chi connectivity index (χ3v) is 5.19. The number of nitrogens with zero attached hydrogens (tertiary/aromatic N) is 1. The summed E-state index contributed by atoms with van der Waals surface area (Å²) in [6.07, 6.45) is 5.73. The van der Waals surface area contributed by atoms with Crippen molar-refractivity contribution >= 4 is 40.6 Å². The van der Waals surface area contributed by atoms with Crippen LogP contribution in [0.2, 0.25) is 5.02 Å². The van der Waals surface area contributed by atoms with Gasteiger partial charge in [0.1, 0.15) is 11.5 Å². The molecule has 1 aromatic carbocycles. The molecule has 0 spiro atoms. The summed E-state index contributed by atoms with van der Waals surface area (Å²) >= 11 is 6.40. The van der Waals surface area contributed by atoms with Crippen LogP contribution >= 0.6 is 11.6 Å². The van der Waals surface area contributed by atoms with Crippen LogP contribution in [0.15, 0.2) is 28.8 Å². The van der Waals surface area contributed by atoms with Gasteiger partial charge < -0.3 is 14.8 Å². The molecule has 0 atom stereocenters. The fourth-order valence-corrected chi connectivity index (χ4v) is 3.13. The van der Waals surface area contributed by atoms with Crippen molar-refractivity contribution in [3.63, 3.8) is 0 Å². The van der Waals surface area contributed by atoms with Crippen LogP contribution in [0.25, 0.3) is 23.1 Å². The molecule has 134 valence electrons. The van der Waals surface area contributed by atoms with Gasteiger partial charge in [-0.15, -0.1) is 0 Å². The van der Waals surface area contributed by atoms with Crippen molar-refractivity contribution in [2.24, 2.45) is 5.41 Å². The van der Waals surface area contributed by atoms with Gasteiger partial charge in [-0.25, -0.2) is 0 Å². The van der Waals surface area contributed by atoms with Crippen LogP contribution in [0.3, 0.4) is 0 Å². The molecule has 0 bridgehead atoms. The molecule has 1 fully saturated rings. The Balaban J connectivity index is 1.52. The molecule has 1 saturated carbocycles. The SMILES string of the molecule is Cc1cc(/C=C/c2cc3[nH]c(CNC(=O)C4(C)CC4)cc3cc2Cl)no1. The van der Waals surface area contributed by atoms with Crippen LogP contribution in [0.4, 0.5) is 0 Å². The first-order valence-electron chi connectivity index (χ1n) is 8.64. The highest BCUT2D eigenvalue weighted by Crippen LogP contribution is 2.45. The number of aromatic amines is 1. The molecule has 0 aliphatic heterocycles. The molecule has 26 heavy (non-hydrogen) atoms. The number of carbonyl (C=O) groups is 1. The second kappa shape index (κ2) is 6.32. The number of amides is 1. The minimum atomic E-state index is -0.160. The molecular weight excluding hydrogens is 350 g/mol. The number of rotatable bonds is 5. The molecule has 3 aromatic rings. The third kappa shape index (κ3) is 3.40. The molecule has 2 N–H and O–H groups in total. The first-order chi connectivity index (χ1) is 12.4. The van der Waals surface area contributed by atoms with Crippen molar-refractivity contribution in [1.82, 2.24) is 15.5 Å². The molecule has 4 rings (SSSR count). The highest BCUT2D eigenvalue weighted by Gasteiger charge is 2.44. The van der Waals surface area contributed by atoms with Crippen molar-refractivity contribution in [3.05, 3.63) is 52.0 Å². The van der Waals surface area contributed by atoms with Crippen LogP contribution in [-0.2, 0) is 11.3 Å². The lowest BCUT2D eigenvalue weighted by Crippen LogP contribution is -2.29. The number of H-pyrrole nitrogens is 1. The van der Waals surface area contributed by atoms with E-state index in [1.54, 1.807) is 0 Å². The Labute approximate surface area is 156 Å². The molecule has 5 nitrogen and oxygen atoms in total. The fraction of sp³-hybridized carbons (Fsp3) is 0.300. The van der Waals surface area contributed by atoms with Gasteiger partial charge >= 0.3 is 0 Å². The van der Waals surface area contributed by atoms with E-state index in [-0.39, 0.29) is 11.3 Å². The molecular formula is C20H20ClN3O2. The van der Waals surface area contributed by atoms with E-state index >= 15 is 0 Å². The molecule has 0 saturated heterocycles. The minimum Gasteiger partial charge on any atom is -0.361 e. The van der Waals surface area contributed by atoms with Gasteiger partial charge in [-0.05, 0) is 49.6 Å². The van der Waals surface area contributed by atoms with Gasteiger partial charge in [0.25, 0.3) is 0 Å². The molecule has 2 heterocycles. The zero-order valence-corrected chi connectivity index (χ0v) is 15.5. The van der Waals surface area contributed by atoms with Crippen molar-refractivity contribution in [1.29, 1.82) is 0 Å². The number of halogens is 1. The Morgan fingerprint density at radius 3 is 2.85 bits per heavy atom. The van der Waals surface area contributed by atoms with Gasteiger partial charge in [-0.2, -0.15) is 0 Å². The Bertz CT molecular complexity index is 1010. The lowest BCUT2D eigenvalue weighted by atomic mass is 10.1. The van der Waals surface area contributed by atoms with Gasteiger partial charge in [0, 0.05) is 33.1 Å². The summed E-state index contributed by atoms with van der Waals surface area (Å²) in [6.45, 7) is 4.35. The Kier molecular flexibility index (Phi) is 4.11. The molecule has 2 aromatic heterocycles. The molecule has 1 aliphatic rings. The summed E-state index contributed by atoms with van der Waals surface area (Å²) in [5, 5.41) is 8.63. The molecule has 6 heteroatoms. The first-order valence-corrected chi connectivity index (χ1v) is 9.02. The lowest BCUT2D eigenvalue weighted by Gasteiger charge is -2.08. The zero-order chi connectivity index (χ0) is 18.3. The van der Waals surface area contributed by atoms with Crippen molar-refractivity contribution in [2.75, 3.05) is 0 Å². The summed E-state index contributed by atoms with van der Waals surface area (Å²) in [5.74, 6) is 0.892. The van der Waals surface area contributed by atoms with E-state index in [1.807, 2.05) is 50.3 Å². The molecule has 0 unspecified atom stereocenters. The number of benzene rings is 1. The van der Waals surface area contributed by atoms with E-state index in [0.29, 0.717) is 11.6 Å². The van der Waals surface area contributed by atoms with Gasteiger partial charge in [0.05, 0.1) is 6.54 Å². The lowest BCUT2D eigenvalue weighted by molar-refractivity contribution is -0.125. The molecule has 1 aliphatic carbocycles. The Morgan fingerprint density at radius 1 is 1.35 bits per heavy atom. The van der Waals surface area contributed by atoms with Gasteiger partial charge in [-0.3, -0.25) is 4.79 Å². The summed E-state index contributed by atoms with van der Waals surface area (Å²) in [7, 11) is 0. The second-order valence-electron chi connectivity index (χ2n) is 7.19. The topological polar surface area (TPSA) is 70.9 Å². The number of aromatic nitrogens is 2. The van der Waals surface area contributed by atoms with Crippen LogP contribution < -0.4 is 5.32 Å². The molecule has 1 amide bonds. The third-order valence-electron chi connectivity index (χ3n) is 4.86. The highest BCUT2D eigenvalue weighted by molar-refractivity contribution is 6.33. The smallest absolute Gasteiger partial charge is 0.226 e. The monoisotopic (exact) mass is 369 g/mol. The van der Waals surface area contributed by atoms with Crippen LogP contribution in [-0.4, -0.2) is 16.0 Å². The average Bonchev–Trinajstić information content (AvgIpc) is 3.04. The highest BCUT2D eigenvalue weighted by atomic mass is 35.5. The van der Waals surface area contributed by atoms with Crippen molar-refractivity contribution in [2.45, 2.75) is 33.2 Å². The van der Waals surface area contributed by atoms with E-state index in [1.165, 1.54) is 0 Å².